The molecule has 1 aromatic heterocycles. The Bertz CT molecular complexity index is 1000. The standard InChI is InChI=1S/C18H19Cl2N5O3/c1-9-15(10(2)24(4)23-9)21-14(26)8-25-16(27)18(3,22-17(25)28)12-6-5-11(19)7-13(12)20/h5-7H,8H2,1-4H3,(H,21,26)(H,22,28). The predicted octanol–water partition coefficient (Wildman–Crippen LogP) is 2.75. The maximum atomic E-state index is 13.0. The van der Waals surface area contributed by atoms with Gasteiger partial charge in [0.2, 0.25) is 5.91 Å². The molecule has 10 heteroatoms. The van der Waals surface area contributed by atoms with Gasteiger partial charge < -0.3 is 10.6 Å². The van der Waals surface area contributed by atoms with Gasteiger partial charge in [0.05, 0.1) is 17.1 Å². The number of nitrogens with one attached hydrogen (secondary N) is 2. The van der Waals surface area contributed by atoms with Crippen molar-refractivity contribution < 1.29 is 14.4 Å². The Labute approximate surface area is 171 Å². The number of benzene rings is 1. The Kier molecular flexibility index (Phi) is 5.12. The maximum absolute atomic E-state index is 13.0. The van der Waals surface area contributed by atoms with Crippen LogP contribution in [0.2, 0.25) is 10.0 Å². The van der Waals surface area contributed by atoms with Gasteiger partial charge in [-0.15, -0.1) is 0 Å². The summed E-state index contributed by atoms with van der Waals surface area (Å²) < 4.78 is 1.64. The molecule has 3 rings (SSSR count). The van der Waals surface area contributed by atoms with Crippen molar-refractivity contribution in [1.82, 2.24) is 20.0 Å². The van der Waals surface area contributed by atoms with Crippen LogP contribution in [-0.2, 0) is 22.2 Å². The van der Waals surface area contributed by atoms with Gasteiger partial charge in [-0.05, 0) is 32.9 Å². The highest BCUT2D eigenvalue weighted by Crippen LogP contribution is 2.35. The van der Waals surface area contributed by atoms with Crippen molar-refractivity contribution in [3.63, 3.8) is 0 Å². The Morgan fingerprint density at radius 3 is 2.54 bits per heavy atom. The Morgan fingerprint density at radius 2 is 1.96 bits per heavy atom. The first-order valence-electron chi connectivity index (χ1n) is 8.44. The number of carbonyl (C=O) groups excluding carboxylic acids is 3. The minimum absolute atomic E-state index is 0.247. The Balaban J connectivity index is 1.81. The number of urea groups is 1. The summed E-state index contributed by atoms with van der Waals surface area (Å²) in [6, 6.07) is 3.98. The molecule has 1 saturated heterocycles. The van der Waals surface area contributed by atoms with E-state index in [9.17, 15) is 14.4 Å². The highest BCUT2D eigenvalue weighted by atomic mass is 35.5. The smallest absolute Gasteiger partial charge is 0.321 e. The molecule has 0 spiro atoms. The lowest BCUT2D eigenvalue weighted by molar-refractivity contribution is -0.133. The second kappa shape index (κ2) is 7.10. The molecule has 1 aromatic carbocycles. The van der Waals surface area contributed by atoms with Crippen LogP contribution >= 0.6 is 23.2 Å². The van der Waals surface area contributed by atoms with Gasteiger partial charge in [0.25, 0.3) is 5.91 Å². The van der Waals surface area contributed by atoms with Crippen molar-refractivity contribution in [2.75, 3.05) is 11.9 Å². The van der Waals surface area contributed by atoms with Crippen LogP contribution in [0, 0.1) is 13.8 Å². The fourth-order valence-electron chi connectivity index (χ4n) is 3.20. The first kappa shape index (κ1) is 20.2. The molecular weight excluding hydrogens is 405 g/mol. The molecule has 2 heterocycles. The fourth-order valence-corrected chi connectivity index (χ4v) is 3.79. The van der Waals surface area contributed by atoms with Crippen molar-refractivity contribution in [1.29, 1.82) is 0 Å². The third-order valence-electron chi connectivity index (χ3n) is 4.82. The third kappa shape index (κ3) is 3.33. The lowest BCUT2D eigenvalue weighted by Crippen LogP contribution is -2.42. The van der Waals surface area contributed by atoms with Crippen LogP contribution in [-0.4, -0.2) is 39.1 Å². The molecule has 2 aromatic rings. The van der Waals surface area contributed by atoms with Crippen LogP contribution in [0.15, 0.2) is 18.2 Å². The average Bonchev–Trinajstić information content (AvgIpc) is 2.96. The second-order valence-corrected chi connectivity index (χ2v) is 7.63. The molecule has 2 N–H and O–H groups in total. The minimum Gasteiger partial charge on any atom is -0.321 e. The van der Waals surface area contributed by atoms with Crippen molar-refractivity contribution in [2.24, 2.45) is 7.05 Å². The number of hydrogen-bond acceptors (Lipinski definition) is 4. The number of hydrogen-bond donors (Lipinski definition) is 2. The summed E-state index contributed by atoms with van der Waals surface area (Å²) in [5.41, 5.74) is 0.977. The number of aromatic nitrogens is 2. The van der Waals surface area contributed by atoms with Crippen LogP contribution in [0.1, 0.15) is 23.9 Å². The molecule has 1 fully saturated rings. The topological polar surface area (TPSA) is 96.3 Å². The van der Waals surface area contributed by atoms with Gasteiger partial charge in [-0.25, -0.2) is 4.79 Å². The fraction of sp³-hybridized carbons (Fsp3) is 0.333. The van der Waals surface area contributed by atoms with Crippen LogP contribution < -0.4 is 10.6 Å². The number of carbonyl (C=O) groups is 3. The summed E-state index contributed by atoms with van der Waals surface area (Å²) in [5, 5.41) is 10.2. The van der Waals surface area contributed by atoms with Crippen LogP contribution in [0.5, 0.6) is 0 Å². The second-order valence-electron chi connectivity index (χ2n) is 6.79. The number of nitrogens with zero attached hydrogens (tertiary/aromatic N) is 3. The van der Waals surface area contributed by atoms with Gasteiger partial charge in [0.15, 0.2) is 0 Å². The van der Waals surface area contributed by atoms with Crippen molar-refractivity contribution >= 4 is 46.7 Å². The zero-order chi connectivity index (χ0) is 20.8. The van der Waals surface area contributed by atoms with Gasteiger partial charge in [-0.1, -0.05) is 29.3 Å². The predicted molar refractivity (Wildman–Crippen MR) is 105 cm³/mol. The van der Waals surface area contributed by atoms with Crippen LogP contribution in [0.25, 0.3) is 0 Å². The lowest BCUT2D eigenvalue weighted by Gasteiger charge is -2.23. The molecule has 28 heavy (non-hydrogen) atoms. The Hall–Kier alpha value is -2.58. The van der Waals surface area contributed by atoms with Gasteiger partial charge in [0, 0.05) is 22.7 Å². The molecule has 0 radical (unpaired) electrons. The maximum Gasteiger partial charge on any atom is 0.325 e. The van der Waals surface area contributed by atoms with Crippen LogP contribution in [0.4, 0.5) is 10.5 Å². The van der Waals surface area contributed by atoms with E-state index < -0.39 is 29.9 Å². The van der Waals surface area contributed by atoms with E-state index >= 15 is 0 Å². The molecule has 148 valence electrons. The molecule has 1 atom stereocenters. The van der Waals surface area contributed by atoms with E-state index in [-0.39, 0.29) is 5.02 Å². The van der Waals surface area contributed by atoms with E-state index in [1.165, 1.54) is 13.0 Å². The summed E-state index contributed by atoms with van der Waals surface area (Å²) in [7, 11) is 1.76. The van der Waals surface area contributed by atoms with E-state index in [0.29, 0.717) is 22.0 Å². The van der Waals surface area contributed by atoms with E-state index in [2.05, 4.69) is 15.7 Å². The first-order chi connectivity index (χ1) is 13.0. The SMILES string of the molecule is Cc1nn(C)c(C)c1NC(=O)CN1C(=O)NC(C)(c2ccc(Cl)cc2Cl)C1=O. The molecule has 1 unspecified atom stereocenters. The molecule has 1 aliphatic rings. The molecule has 1 aliphatic heterocycles. The molecule has 0 bridgehead atoms. The number of aryl methyl sites for hydroxylation is 2. The van der Waals surface area contributed by atoms with Crippen molar-refractivity contribution in [2.45, 2.75) is 26.3 Å². The van der Waals surface area contributed by atoms with E-state index in [1.807, 2.05) is 6.92 Å². The molecule has 0 aliphatic carbocycles. The highest BCUT2D eigenvalue weighted by molar-refractivity contribution is 6.35. The van der Waals surface area contributed by atoms with Gasteiger partial charge in [0.1, 0.15) is 12.1 Å². The summed E-state index contributed by atoms with van der Waals surface area (Å²) in [6.07, 6.45) is 0. The highest BCUT2D eigenvalue weighted by Gasteiger charge is 2.50. The van der Waals surface area contributed by atoms with Crippen LogP contribution in [0.3, 0.4) is 0 Å². The summed E-state index contributed by atoms with van der Waals surface area (Å²) in [4.78, 5) is 38.7. The first-order valence-corrected chi connectivity index (χ1v) is 9.20. The lowest BCUT2D eigenvalue weighted by atomic mass is 9.92. The van der Waals surface area contributed by atoms with Crippen molar-refractivity contribution in [3.05, 3.63) is 45.2 Å². The van der Waals surface area contributed by atoms with E-state index in [4.69, 9.17) is 23.2 Å². The van der Waals surface area contributed by atoms with Gasteiger partial charge in [-0.3, -0.25) is 19.2 Å². The number of anilines is 1. The largest absolute Gasteiger partial charge is 0.325 e. The van der Waals surface area contributed by atoms with E-state index in [1.54, 1.807) is 30.8 Å². The molecule has 0 saturated carbocycles. The number of halogens is 2. The number of rotatable bonds is 4. The summed E-state index contributed by atoms with van der Waals surface area (Å²) in [5.74, 6) is -1.08. The van der Waals surface area contributed by atoms with Gasteiger partial charge in [-0.2, -0.15) is 5.10 Å². The summed E-state index contributed by atoms with van der Waals surface area (Å²) in [6.45, 7) is 4.67. The zero-order valence-electron chi connectivity index (χ0n) is 15.8. The Morgan fingerprint density at radius 1 is 1.29 bits per heavy atom. The number of amides is 4. The minimum atomic E-state index is -1.39. The summed E-state index contributed by atoms with van der Waals surface area (Å²) >= 11 is 12.1. The molecule has 4 amide bonds. The average molecular weight is 424 g/mol. The monoisotopic (exact) mass is 423 g/mol. The normalized spacial score (nSPS) is 19.1. The molecule has 8 nitrogen and oxygen atoms in total. The third-order valence-corrected chi connectivity index (χ3v) is 5.37. The quantitative estimate of drug-likeness (QED) is 0.738. The van der Waals surface area contributed by atoms with E-state index in [0.717, 1.165) is 10.6 Å². The zero-order valence-corrected chi connectivity index (χ0v) is 17.3. The van der Waals surface area contributed by atoms with Gasteiger partial charge >= 0.3 is 6.03 Å². The number of imide groups is 1. The van der Waals surface area contributed by atoms with Crippen molar-refractivity contribution in [3.8, 4) is 0 Å². The molecular formula is C18H19Cl2N5O3.